The number of rotatable bonds is 5. The molecule has 0 unspecified atom stereocenters. The number of aliphatic hydroxyl groups is 1. The largest absolute Gasteiger partial charge is 0.388 e. The molecule has 0 saturated carbocycles. The molecule has 3 nitrogen and oxygen atoms in total. The second-order valence-corrected chi connectivity index (χ2v) is 4.23. The summed E-state index contributed by atoms with van der Waals surface area (Å²) in [4.78, 5) is 4.71. The summed E-state index contributed by atoms with van der Waals surface area (Å²) >= 11 is 0. The van der Waals surface area contributed by atoms with Gasteiger partial charge in [0.05, 0.1) is 5.60 Å². The van der Waals surface area contributed by atoms with Crippen LogP contribution in [0.1, 0.15) is 20.8 Å². The molecule has 0 aliphatic carbocycles. The molecule has 1 saturated heterocycles. The summed E-state index contributed by atoms with van der Waals surface area (Å²) in [5.74, 6) is 0. The van der Waals surface area contributed by atoms with Gasteiger partial charge >= 0.3 is 0 Å². The molecule has 1 fully saturated rings. The van der Waals surface area contributed by atoms with Gasteiger partial charge in [-0.05, 0) is 20.0 Å². The van der Waals surface area contributed by atoms with E-state index >= 15 is 0 Å². The Morgan fingerprint density at radius 1 is 1.31 bits per heavy atom. The second kappa shape index (κ2) is 4.40. The Morgan fingerprint density at radius 3 is 2.23 bits per heavy atom. The van der Waals surface area contributed by atoms with Gasteiger partial charge in [-0.3, -0.25) is 4.90 Å². The number of hydrogen-bond donors (Lipinski definition) is 1. The van der Waals surface area contributed by atoms with E-state index in [0.717, 1.165) is 39.3 Å². The lowest BCUT2D eigenvalue weighted by molar-refractivity contribution is -0.0848. The molecule has 0 radical (unpaired) electrons. The maximum absolute atomic E-state index is 9.51. The Bertz CT molecular complexity index is 147. The topological polar surface area (TPSA) is 26.7 Å². The third-order valence-corrected chi connectivity index (χ3v) is 2.76. The molecule has 0 aromatic carbocycles. The fraction of sp³-hybridized carbons (Fsp3) is 1.00. The van der Waals surface area contributed by atoms with Crippen LogP contribution in [0.3, 0.4) is 0 Å². The molecule has 0 aromatic heterocycles. The number of hydrogen-bond acceptors (Lipinski definition) is 3. The van der Waals surface area contributed by atoms with E-state index in [1.165, 1.54) is 0 Å². The van der Waals surface area contributed by atoms with Crippen molar-refractivity contribution in [2.45, 2.75) is 26.4 Å². The molecule has 1 aliphatic rings. The summed E-state index contributed by atoms with van der Waals surface area (Å²) in [7, 11) is 0. The van der Waals surface area contributed by atoms with E-state index in [2.05, 4.69) is 23.6 Å². The van der Waals surface area contributed by atoms with Crippen molar-refractivity contribution in [1.29, 1.82) is 0 Å². The molecule has 78 valence electrons. The van der Waals surface area contributed by atoms with Gasteiger partial charge < -0.3 is 10.0 Å². The molecule has 1 rings (SSSR count). The number of nitrogens with zero attached hydrogens (tertiary/aromatic N) is 2. The Labute approximate surface area is 81.3 Å². The van der Waals surface area contributed by atoms with E-state index in [4.69, 9.17) is 0 Å². The zero-order valence-electron chi connectivity index (χ0n) is 9.08. The van der Waals surface area contributed by atoms with Crippen LogP contribution in [-0.2, 0) is 0 Å². The van der Waals surface area contributed by atoms with Crippen LogP contribution in [0.4, 0.5) is 0 Å². The molecule has 0 spiro atoms. The average Bonchev–Trinajstić information content (AvgIpc) is 2.03. The Hall–Kier alpha value is -0.120. The minimum absolute atomic E-state index is 0.413. The van der Waals surface area contributed by atoms with Crippen LogP contribution in [0.5, 0.6) is 0 Å². The van der Waals surface area contributed by atoms with Crippen LogP contribution in [0.2, 0.25) is 0 Å². The third-order valence-electron chi connectivity index (χ3n) is 2.76. The maximum atomic E-state index is 9.51. The zero-order valence-corrected chi connectivity index (χ0v) is 9.08. The van der Waals surface area contributed by atoms with Gasteiger partial charge in [0, 0.05) is 26.2 Å². The van der Waals surface area contributed by atoms with Gasteiger partial charge in [-0.1, -0.05) is 13.8 Å². The highest BCUT2D eigenvalue weighted by Crippen LogP contribution is 2.18. The summed E-state index contributed by atoms with van der Waals surface area (Å²) in [5, 5.41) is 9.51. The van der Waals surface area contributed by atoms with E-state index in [9.17, 15) is 5.11 Å². The lowest BCUT2D eigenvalue weighted by atomic mass is 9.97. The summed E-state index contributed by atoms with van der Waals surface area (Å²) in [6.07, 6.45) is 0. The summed E-state index contributed by atoms with van der Waals surface area (Å²) < 4.78 is 0. The van der Waals surface area contributed by atoms with Gasteiger partial charge in [0.2, 0.25) is 0 Å². The molecular formula is C10H22N2O. The highest BCUT2D eigenvalue weighted by Gasteiger charge is 2.35. The first-order valence-electron chi connectivity index (χ1n) is 5.24. The fourth-order valence-electron chi connectivity index (χ4n) is 1.90. The first-order valence-corrected chi connectivity index (χ1v) is 5.24. The van der Waals surface area contributed by atoms with E-state index in [1.54, 1.807) is 0 Å². The summed E-state index contributed by atoms with van der Waals surface area (Å²) in [6, 6.07) is 0. The first-order chi connectivity index (χ1) is 6.07. The van der Waals surface area contributed by atoms with Gasteiger partial charge in [-0.15, -0.1) is 0 Å². The molecule has 0 bridgehead atoms. The standard InChI is InChI=1S/C10H22N2O/c1-4-11(5-2)6-7-12-8-10(3,13)9-12/h13H,4-9H2,1-3H3. The van der Waals surface area contributed by atoms with Crippen LogP contribution in [0.15, 0.2) is 0 Å². The molecule has 1 N–H and O–H groups in total. The van der Waals surface area contributed by atoms with Crippen molar-refractivity contribution in [3.8, 4) is 0 Å². The normalized spacial score (nSPS) is 21.9. The fourth-order valence-corrected chi connectivity index (χ4v) is 1.90. The minimum atomic E-state index is -0.413. The number of likely N-dealkylation sites (N-methyl/N-ethyl adjacent to an activating group) is 1. The van der Waals surface area contributed by atoms with Crippen molar-refractivity contribution in [1.82, 2.24) is 9.80 Å². The van der Waals surface area contributed by atoms with E-state index < -0.39 is 5.60 Å². The molecule has 1 aliphatic heterocycles. The average molecular weight is 186 g/mol. The van der Waals surface area contributed by atoms with Gasteiger partial charge in [0.15, 0.2) is 0 Å². The van der Waals surface area contributed by atoms with Crippen LogP contribution in [-0.4, -0.2) is 59.8 Å². The predicted molar refractivity (Wildman–Crippen MR) is 54.9 cm³/mol. The zero-order chi connectivity index (χ0) is 9.90. The molecule has 1 heterocycles. The van der Waals surface area contributed by atoms with Crippen molar-refractivity contribution in [2.75, 3.05) is 39.3 Å². The number of β-amino-alcohol motifs (C(OH)–C–C–N with tert-alkyl or cyclic N) is 1. The van der Waals surface area contributed by atoms with Crippen molar-refractivity contribution in [2.24, 2.45) is 0 Å². The highest BCUT2D eigenvalue weighted by atomic mass is 16.3. The SMILES string of the molecule is CCN(CC)CCN1CC(C)(O)C1. The molecule has 13 heavy (non-hydrogen) atoms. The third kappa shape index (κ3) is 3.25. The first kappa shape index (κ1) is 11.0. The summed E-state index contributed by atoms with van der Waals surface area (Å²) in [5.41, 5.74) is -0.413. The van der Waals surface area contributed by atoms with Crippen molar-refractivity contribution in [3.63, 3.8) is 0 Å². The number of likely N-dealkylation sites (tertiary alicyclic amines) is 1. The predicted octanol–water partition coefficient (Wildman–Crippen LogP) is 0.395. The van der Waals surface area contributed by atoms with Crippen LogP contribution < -0.4 is 0 Å². The van der Waals surface area contributed by atoms with Crippen LogP contribution in [0, 0.1) is 0 Å². The molecule has 0 aromatic rings. The van der Waals surface area contributed by atoms with Crippen molar-refractivity contribution < 1.29 is 5.11 Å². The molecular weight excluding hydrogens is 164 g/mol. The van der Waals surface area contributed by atoms with Crippen molar-refractivity contribution >= 4 is 0 Å². The lowest BCUT2D eigenvalue weighted by Gasteiger charge is -2.44. The summed E-state index contributed by atoms with van der Waals surface area (Å²) in [6.45, 7) is 12.4. The van der Waals surface area contributed by atoms with Crippen LogP contribution in [0.25, 0.3) is 0 Å². The van der Waals surface area contributed by atoms with Gasteiger partial charge in [-0.25, -0.2) is 0 Å². The minimum Gasteiger partial charge on any atom is -0.388 e. The van der Waals surface area contributed by atoms with Crippen LogP contribution >= 0.6 is 0 Å². The lowest BCUT2D eigenvalue weighted by Crippen LogP contribution is -2.60. The highest BCUT2D eigenvalue weighted by molar-refractivity contribution is 4.91. The van der Waals surface area contributed by atoms with Crippen molar-refractivity contribution in [3.05, 3.63) is 0 Å². The van der Waals surface area contributed by atoms with Gasteiger partial charge in [0.25, 0.3) is 0 Å². The Kier molecular flexibility index (Phi) is 3.71. The molecule has 0 atom stereocenters. The Morgan fingerprint density at radius 2 is 1.85 bits per heavy atom. The van der Waals surface area contributed by atoms with Gasteiger partial charge in [-0.2, -0.15) is 0 Å². The Balaban J connectivity index is 2.08. The second-order valence-electron chi connectivity index (χ2n) is 4.23. The molecule has 3 heteroatoms. The maximum Gasteiger partial charge on any atom is 0.0872 e. The van der Waals surface area contributed by atoms with E-state index in [-0.39, 0.29) is 0 Å². The van der Waals surface area contributed by atoms with E-state index in [0.29, 0.717) is 0 Å². The monoisotopic (exact) mass is 186 g/mol. The molecule has 0 amide bonds. The van der Waals surface area contributed by atoms with Gasteiger partial charge in [0.1, 0.15) is 0 Å². The van der Waals surface area contributed by atoms with E-state index in [1.807, 2.05) is 6.92 Å². The quantitative estimate of drug-likeness (QED) is 0.673. The smallest absolute Gasteiger partial charge is 0.0872 e.